The molecule has 2 aromatic rings. The number of carbonyl (C=O) groups is 4. The van der Waals surface area contributed by atoms with Gasteiger partial charge in [-0.25, -0.2) is 4.79 Å². The maximum absolute atomic E-state index is 13.9. The molecule has 14 unspecified atom stereocenters. The number of ether oxygens (including phenoxy) is 7. The smallest absolute Gasteiger partial charge is 0.338 e. The molecule has 2 amide bonds. The quantitative estimate of drug-likeness (QED) is 0.102. The van der Waals surface area contributed by atoms with Crippen molar-refractivity contribution in [2.75, 3.05) is 27.8 Å². The zero-order valence-corrected chi connectivity index (χ0v) is 36.5. The van der Waals surface area contributed by atoms with Gasteiger partial charge in [-0.1, -0.05) is 50.3 Å². The van der Waals surface area contributed by atoms with Crippen molar-refractivity contribution < 1.29 is 88.1 Å². The van der Waals surface area contributed by atoms with Crippen molar-refractivity contribution in [3.05, 3.63) is 47.7 Å². The molecule has 1 aromatic heterocycles. The summed E-state index contributed by atoms with van der Waals surface area (Å²) in [4.78, 5) is 63.2. The highest BCUT2D eigenvalue weighted by molar-refractivity contribution is 5.93. The SMILES string of the molecule is COC(=O)C1CC(NC(=O)c2cc(O)nc(O)n2)C(OC2OC(C)C(O)C(O)C2O)C(OC2OC(CO)C(O)C(O[C@@H](CC3CCCCC3)C(=O)N(C)C)C2OC(=O)c2ccccc2)C1. The van der Waals surface area contributed by atoms with E-state index in [1.807, 2.05) is 0 Å². The summed E-state index contributed by atoms with van der Waals surface area (Å²) in [5, 5.41) is 77.3. The van der Waals surface area contributed by atoms with Gasteiger partial charge in [0.05, 0.1) is 43.4 Å². The number of esters is 2. The lowest BCUT2D eigenvalue weighted by molar-refractivity contribution is -0.347. The highest BCUT2D eigenvalue weighted by atomic mass is 16.7. The average Bonchev–Trinajstić information content (AvgIpc) is 3.29. The molecule has 1 aromatic carbocycles. The van der Waals surface area contributed by atoms with Gasteiger partial charge in [0.15, 0.2) is 18.7 Å². The molecule has 4 fully saturated rings. The van der Waals surface area contributed by atoms with Crippen molar-refractivity contribution >= 4 is 23.8 Å². The Hall–Kier alpha value is -4.62. The summed E-state index contributed by atoms with van der Waals surface area (Å²) in [6.45, 7) is 0.595. The molecular formula is C43H60N4O18. The van der Waals surface area contributed by atoms with E-state index in [1.165, 1.54) is 24.0 Å². The highest BCUT2D eigenvalue weighted by Crippen LogP contribution is 2.38. The molecule has 65 heavy (non-hydrogen) atoms. The number of aromatic nitrogens is 2. The third-order valence-electron chi connectivity index (χ3n) is 12.4. The maximum Gasteiger partial charge on any atom is 0.338 e. The van der Waals surface area contributed by atoms with Gasteiger partial charge in [0.2, 0.25) is 5.88 Å². The van der Waals surface area contributed by atoms with E-state index in [4.69, 9.17) is 33.2 Å². The molecule has 22 heteroatoms. The molecule has 0 radical (unpaired) electrons. The van der Waals surface area contributed by atoms with Crippen LogP contribution in [0, 0.1) is 11.8 Å². The number of methoxy groups -OCH3 is 1. The minimum atomic E-state index is -1.88. The number of aliphatic hydroxyl groups excluding tert-OH is 5. The molecule has 2 saturated carbocycles. The van der Waals surface area contributed by atoms with Gasteiger partial charge >= 0.3 is 17.9 Å². The van der Waals surface area contributed by atoms with Gasteiger partial charge in [-0.15, -0.1) is 0 Å². The second kappa shape index (κ2) is 22.2. The van der Waals surface area contributed by atoms with Crippen LogP contribution >= 0.6 is 0 Å². The lowest BCUT2D eigenvalue weighted by Gasteiger charge is -2.48. The summed E-state index contributed by atoms with van der Waals surface area (Å²) in [6, 6.07) is 6.42. The van der Waals surface area contributed by atoms with Crippen molar-refractivity contribution in [2.45, 2.75) is 144 Å². The number of amides is 2. The number of hydrogen-bond donors (Lipinski definition) is 8. The Morgan fingerprint density at radius 1 is 0.862 bits per heavy atom. The van der Waals surface area contributed by atoms with Gasteiger partial charge in [0.1, 0.15) is 54.5 Å². The number of likely N-dealkylation sites (N-methyl/N-ethyl adjacent to an activating group) is 1. The van der Waals surface area contributed by atoms with Crippen LogP contribution in [0.3, 0.4) is 0 Å². The normalized spacial score (nSPS) is 33.6. The Morgan fingerprint density at radius 2 is 1.57 bits per heavy atom. The molecule has 22 nitrogen and oxygen atoms in total. The molecule has 2 aliphatic heterocycles. The number of aromatic hydroxyl groups is 2. The second-order valence-electron chi connectivity index (χ2n) is 17.2. The van der Waals surface area contributed by atoms with Crippen LogP contribution in [-0.2, 0) is 42.7 Å². The highest BCUT2D eigenvalue weighted by Gasteiger charge is 2.54. The van der Waals surface area contributed by atoms with Crippen LogP contribution < -0.4 is 5.32 Å². The average molecular weight is 921 g/mol. The topological polar surface area (TPSA) is 316 Å². The number of rotatable bonds is 15. The van der Waals surface area contributed by atoms with E-state index < -0.39 is 140 Å². The van der Waals surface area contributed by atoms with Crippen LogP contribution in [0.4, 0.5) is 0 Å². The maximum atomic E-state index is 13.9. The summed E-state index contributed by atoms with van der Waals surface area (Å²) in [6.07, 6.45) is -16.0. The van der Waals surface area contributed by atoms with Crippen LogP contribution in [0.2, 0.25) is 0 Å². The first-order chi connectivity index (χ1) is 31.0. The Labute approximate surface area is 374 Å². The van der Waals surface area contributed by atoms with E-state index in [2.05, 4.69) is 15.3 Å². The van der Waals surface area contributed by atoms with E-state index in [1.54, 1.807) is 32.3 Å². The van der Waals surface area contributed by atoms with Crippen molar-refractivity contribution in [3.8, 4) is 11.9 Å². The number of benzene rings is 1. The van der Waals surface area contributed by atoms with E-state index in [0.29, 0.717) is 0 Å². The number of hydrogen-bond acceptors (Lipinski definition) is 20. The summed E-state index contributed by atoms with van der Waals surface area (Å²) in [5.74, 6) is -4.84. The minimum Gasteiger partial charge on any atom is -0.493 e. The first-order valence-corrected chi connectivity index (χ1v) is 21.7. The Balaban J connectivity index is 1.42. The fourth-order valence-corrected chi connectivity index (χ4v) is 8.88. The van der Waals surface area contributed by atoms with Crippen molar-refractivity contribution in [1.29, 1.82) is 0 Å². The molecule has 0 bridgehead atoms. The van der Waals surface area contributed by atoms with E-state index in [0.717, 1.165) is 45.3 Å². The van der Waals surface area contributed by atoms with Crippen LogP contribution in [0.5, 0.6) is 11.9 Å². The predicted molar refractivity (Wildman–Crippen MR) is 219 cm³/mol. The zero-order valence-electron chi connectivity index (χ0n) is 36.5. The molecule has 15 atom stereocenters. The third-order valence-corrected chi connectivity index (χ3v) is 12.4. The number of aliphatic hydroxyl groups is 5. The van der Waals surface area contributed by atoms with E-state index in [9.17, 15) is 54.9 Å². The third kappa shape index (κ3) is 12.0. The molecule has 3 heterocycles. The lowest BCUT2D eigenvalue weighted by Crippen LogP contribution is -2.65. The van der Waals surface area contributed by atoms with Gasteiger partial charge in [-0.05, 0) is 44.2 Å². The van der Waals surface area contributed by atoms with Crippen LogP contribution in [0.15, 0.2) is 36.4 Å². The molecule has 8 N–H and O–H groups in total. The first-order valence-electron chi connectivity index (χ1n) is 21.7. The first kappa shape index (κ1) is 49.8. The zero-order chi connectivity index (χ0) is 47.1. The standard InChI is InChI=1S/C43H60N4O18/c1-20-30(50)32(52)33(53)41(60-20)65-34-24(44-37(54)25-18-29(49)46-43(58)45-25)16-23(39(56)59-4)17-26(34)62-42-36(64-40(57)22-13-9-6-10-14-22)35(31(51)28(19-48)63-42)61-27(38(55)47(2)3)15-21-11-7-5-8-12-21/h6,9-10,13-14,18,20-21,23-24,26-28,30-36,41-42,48,50-53H,5,7-8,11-12,15-17,19H2,1-4H3,(H,44,54)(H2,45,46,49,58)/t20?,23?,24?,26?,27-,28?,30?,31?,32?,33?,34?,35?,36?,41?,42?/m0/s1. The fraction of sp³-hybridized carbons (Fsp3) is 0.674. The van der Waals surface area contributed by atoms with Gasteiger partial charge in [0.25, 0.3) is 11.8 Å². The lowest BCUT2D eigenvalue weighted by atomic mass is 9.81. The monoisotopic (exact) mass is 920 g/mol. The molecule has 360 valence electrons. The number of nitrogens with one attached hydrogen (secondary N) is 1. The van der Waals surface area contributed by atoms with Gasteiger partial charge in [-0.3, -0.25) is 14.4 Å². The molecule has 0 spiro atoms. The summed E-state index contributed by atoms with van der Waals surface area (Å²) in [7, 11) is 4.24. The van der Waals surface area contributed by atoms with Gasteiger partial charge < -0.3 is 79.1 Å². The molecule has 6 rings (SSSR count). The minimum absolute atomic E-state index is 0.0828. The van der Waals surface area contributed by atoms with E-state index >= 15 is 0 Å². The van der Waals surface area contributed by atoms with Gasteiger partial charge in [0, 0.05) is 20.2 Å². The Bertz CT molecular complexity index is 1900. The Kier molecular flexibility index (Phi) is 17.0. The van der Waals surface area contributed by atoms with Crippen molar-refractivity contribution in [1.82, 2.24) is 20.2 Å². The van der Waals surface area contributed by atoms with Crippen LogP contribution in [0.25, 0.3) is 0 Å². The van der Waals surface area contributed by atoms with Crippen LogP contribution in [-0.4, -0.2) is 188 Å². The molecular weight excluding hydrogens is 860 g/mol. The van der Waals surface area contributed by atoms with Crippen molar-refractivity contribution in [3.63, 3.8) is 0 Å². The second-order valence-corrected chi connectivity index (χ2v) is 17.2. The molecule has 2 aliphatic carbocycles. The van der Waals surface area contributed by atoms with Crippen LogP contribution in [0.1, 0.15) is 79.1 Å². The van der Waals surface area contributed by atoms with Crippen molar-refractivity contribution in [2.24, 2.45) is 11.8 Å². The Morgan fingerprint density at radius 3 is 2.22 bits per heavy atom. The summed E-state index contributed by atoms with van der Waals surface area (Å²) >= 11 is 0. The largest absolute Gasteiger partial charge is 0.493 e. The number of nitrogens with zero attached hydrogens (tertiary/aromatic N) is 3. The fourth-order valence-electron chi connectivity index (χ4n) is 8.88. The summed E-state index contributed by atoms with van der Waals surface area (Å²) < 4.78 is 42.6. The molecule has 4 aliphatic rings. The molecule has 2 saturated heterocycles. The van der Waals surface area contributed by atoms with E-state index in [-0.39, 0.29) is 30.7 Å². The van der Waals surface area contributed by atoms with Gasteiger partial charge in [-0.2, -0.15) is 9.97 Å². The number of carbonyl (C=O) groups excluding carboxylic acids is 4. The summed E-state index contributed by atoms with van der Waals surface area (Å²) in [5.41, 5.74) is -0.426. The predicted octanol–water partition coefficient (Wildman–Crippen LogP) is -0.717.